The number of rotatable bonds is 1. The first-order valence-corrected chi connectivity index (χ1v) is 6.19. The van der Waals surface area contributed by atoms with Gasteiger partial charge in [-0.3, -0.25) is 4.79 Å². The van der Waals surface area contributed by atoms with Gasteiger partial charge in [0.2, 0.25) is 0 Å². The van der Waals surface area contributed by atoms with Crippen LogP contribution in [0.25, 0.3) is 22.3 Å². The van der Waals surface area contributed by atoms with Crippen molar-refractivity contribution in [2.45, 2.75) is 0 Å². The Hall–Kier alpha value is -2.34. The van der Waals surface area contributed by atoms with Crippen LogP contribution in [0, 0.1) is 17.5 Å². The third-order valence-electron chi connectivity index (χ3n) is 2.96. The van der Waals surface area contributed by atoms with Gasteiger partial charge in [0.05, 0.1) is 21.5 Å². The Kier molecular flexibility index (Phi) is 3.17. The smallest absolute Gasteiger partial charge is 0.259 e. The molecule has 0 atom stereocenters. The van der Waals surface area contributed by atoms with Gasteiger partial charge in [0, 0.05) is 0 Å². The molecule has 0 spiro atoms. The summed E-state index contributed by atoms with van der Waals surface area (Å²) in [5.74, 6) is -4.41. The number of hydrogen-bond acceptors (Lipinski definition) is 2. The van der Waals surface area contributed by atoms with Gasteiger partial charge in [0.15, 0.2) is 11.6 Å². The zero-order chi connectivity index (χ0) is 15.1. The molecule has 7 heteroatoms. The van der Waals surface area contributed by atoms with Crippen molar-refractivity contribution in [1.29, 1.82) is 0 Å². The van der Waals surface area contributed by atoms with Crippen molar-refractivity contribution >= 4 is 22.5 Å². The van der Waals surface area contributed by atoms with Crippen LogP contribution in [0.2, 0.25) is 5.02 Å². The van der Waals surface area contributed by atoms with Crippen LogP contribution in [0.1, 0.15) is 0 Å². The summed E-state index contributed by atoms with van der Waals surface area (Å²) >= 11 is 5.36. The van der Waals surface area contributed by atoms with Gasteiger partial charge in [-0.15, -0.1) is 0 Å². The average molecular weight is 311 g/mol. The second-order valence-electron chi connectivity index (χ2n) is 4.27. The molecule has 106 valence electrons. The summed E-state index contributed by atoms with van der Waals surface area (Å²) in [6.45, 7) is 0. The summed E-state index contributed by atoms with van der Waals surface area (Å²) in [6.07, 6.45) is 0. The maximum Gasteiger partial charge on any atom is 0.259 e. The zero-order valence-corrected chi connectivity index (χ0v) is 11.0. The number of hydrogen-bond donors (Lipinski definition) is 1. The van der Waals surface area contributed by atoms with Gasteiger partial charge in [0.25, 0.3) is 5.56 Å². The molecular formula is C14H6ClF3N2O. The van der Waals surface area contributed by atoms with Gasteiger partial charge < -0.3 is 4.98 Å². The summed E-state index contributed by atoms with van der Waals surface area (Å²) in [5, 5.41) is -0.423. The van der Waals surface area contributed by atoms with Crippen LogP contribution in [-0.4, -0.2) is 9.97 Å². The van der Waals surface area contributed by atoms with E-state index < -0.39 is 39.4 Å². The molecule has 21 heavy (non-hydrogen) atoms. The highest BCUT2D eigenvalue weighted by Crippen LogP contribution is 2.29. The Morgan fingerprint density at radius 3 is 2.57 bits per heavy atom. The van der Waals surface area contributed by atoms with Crippen LogP contribution >= 0.6 is 11.6 Å². The molecule has 0 saturated carbocycles. The van der Waals surface area contributed by atoms with Gasteiger partial charge in [-0.25, -0.2) is 18.2 Å². The second-order valence-corrected chi connectivity index (χ2v) is 4.68. The van der Waals surface area contributed by atoms with Gasteiger partial charge in [-0.2, -0.15) is 0 Å². The van der Waals surface area contributed by atoms with Crippen LogP contribution in [-0.2, 0) is 0 Å². The Morgan fingerprint density at radius 2 is 1.81 bits per heavy atom. The Balaban J connectivity index is 2.36. The maximum absolute atomic E-state index is 13.9. The predicted octanol–water partition coefficient (Wildman–Crippen LogP) is 3.66. The Morgan fingerprint density at radius 1 is 1.10 bits per heavy atom. The molecule has 0 amide bonds. The van der Waals surface area contributed by atoms with E-state index in [1.165, 1.54) is 12.1 Å². The van der Waals surface area contributed by atoms with E-state index in [1.54, 1.807) is 12.1 Å². The minimum Gasteiger partial charge on any atom is -0.306 e. The number of aromatic nitrogens is 2. The highest BCUT2D eigenvalue weighted by molar-refractivity contribution is 6.30. The monoisotopic (exact) mass is 310 g/mol. The number of nitrogens with one attached hydrogen (secondary N) is 1. The van der Waals surface area contributed by atoms with Crippen LogP contribution in [0.4, 0.5) is 13.2 Å². The molecule has 0 aliphatic heterocycles. The molecule has 0 unspecified atom stereocenters. The van der Waals surface area contributed by atoms with Crippen LogP contribution in [0.15, 0.2) is 35.1 Å². The fourth-order valence-corrected chi connectivity index (χ4v) is 2.17. The lowest BCUT2D eigenvalue weighted by atomic mass is 10.1. The number of halogens is 4. The number of para-hydroxylation sites is 1. The quantitative estimate of drug-likeness (QED) is 0.551. The van der Waals surface area contributed by atoms with E-state index in [2.05, 4.69) is 9.97 Å². The number of nitrogens with zero attached hydrogens (tertiary/aromatic N) is 1. The van der Waals surface area contributed by atoms with Crippen LogP contribution < -0.4 is 5.56 Å². The molecule has 0 aliphatic rings. The molecule has 1 aromatic heterocycles. The topological polar surface area (TPSA) is 45.8 Å². The molecule has 0 aliphatic carbocycles. The van der Waals surface area contributed by atoms with Crippen molar-refractivity contribution in [3.05, 3.63) is 63.2 Å². The number of H-pyrrole nitrogens is 1. The lowest BCUT2D eigenvalue weighted by Gasteiger charge is -2.07. The largest absolute Gasteiger partial charge is 0.306 e. The van der Waals surface area contributed by atoms with Gasteiger partial charge in [-0.1, -0.05) is 23.7 Å². The average Bonchev–Trinajstić information content (AvgIpc) is 2.45. The van der Waals surface area contributed by atoms with Gasteiger partial charge in [0.1, 0.15) is 11.6 Å². The van der Waals surface area contributed by atoms with E-state index in [4.69, 9.17) is 11.6 Å². The molecule has 0 radical (unpaired) electrons. The highest BCUT2D eigenvalue weighted by atomic mass is 35.5. The Bertz CT molecular complexity index is 924. The first-order chi connectivity index (χ1) is 9.99. The van der Waals surface area contributed by atoms with Gasteiger partial charge in [-0.05, 0) is 18.2 Å². The van der Waals surface area contributed by atoms with Crippen LogP contribution in [0.3, 0.4) is 0 Å². The first kappa shape index (κ1) is 13.6. The molecule has 3 nitrogen and oxygen atoms in total. The third-order valence-corrected chi connectivity index (χ3v) is 3.24. The lowest BCUT2D eigenvalue weighted by molar-refractivity contribution is 0.498. The van der Waals surface area contributed by atoms with E-state index in [-0.39, 0.29) is 10.9 Å². The lowest BCUT2D eigenvalue weighted by Crippen LogP contribution is -2.11. The standard InChI is InChI=1S/C14H6ClF3N2O/c15-7-5-8(16)10(12(18)11(7)17)13-19-9-4-2-1-3-6(9)14(21)20-13/h1-5H,(H,19,20,21). The summed E-state index contributed by atoms with van der Waals surface area (Å²) < 4.78 is 41.2. The molecule has 0 bridgehead atoms. The van der Waals surface area contributed by atoms with Crippen molar-refractivity contribution in [2.24, 2.45) is 0 Å². The summed E-state index contributed by atoms with van der Waals surface area (Å²) in [4.78, 5) is 18.1. The molecule has 2 aromatic carbocycles. The summed E-state index contributed by atoms with van der Waals surface area (Å²) in [7, 11) is 0. The molecule has 0 fully saturated rings. The first-order valence-electron chi connectivity index (χ1n) is 5.81. The normalized spacial score (nSPS) is 11.0. The molecule has 1 heterocycles. The maximum atomic E-state index is 13.9. The second kappa shape index (κ2) is 4.89. The van der Waals surface area contributed by atoms with Crippen molar-refractivity contribution < 1.29 is 13.2 Å². The Labute approximate surface area is 121 Å². The third kappa shape index (κ3) is 2.17. The number of benzene rings is 2. The molecule has 1 N–H and O–H groups in total. The SMILES string of the molecule is O=c1[nH]c(-c2c(F)cc(Cl)c(F)c2F)nc2ccccc12. The molecule has 3 rings (SSSR count). The summed E-state index contributed by atoms with van der Waals surface area (Å²) in [5.41, 5.74) is -1.10. The van der Waals surface area contributed by atoms with Crippen molar-refractivity contribution in [1.82, 2.24) is 9.97 Å². The van der Waals surface area contributed by atoms with E-state index in [9.17, 15) is 18.0 Å². The van der Waals surface area contributed by atoms with Crippen LogP contribution in [0.5, 0.6) is 0 Å². The van der Waals surface area contributed by atoms with E-state index in [0.717, 1.165) is 0 Å². The number of aromatic amines is 1. The fraction of sp³-hybridized carbons (Fsp3) is 0. The fourth-order valence-electron chi connectivity index (χ4n) is 1.99. The van der Waals surface area contributed by atoms with E-state index in [0.29, 0.717) is 6.07 Å². The minimum atomic E-state index is -1.50. The molecular weight excluding hydrogens is 305 g/mol. The van der Waals surface area contributed by atoms with Crippen molar-refractivity contribution in [2.75, 3.05) is 0 Å². The highest BCUT2D eigenvalue weighted by Gasteiger charge is 2.21. The van der Waals surface area contributed by atoms with Crippen molar-refractivity contribution in [3.8, 4) is 11.4 Å². The summed E-state index contributed by atoms with van der Waals surface area (Å²) in [6, 6.07) is 6.90. The molecule has 3 aromatic rings. The number of fused-ring (bicyclic) bond motifs is 1. The zero-order valence-electron chi connectivity index (χ0n) is 10.3. The predicted molar refractivity (Wildman–Crippen MR) is 72.7 cm³/mol. The minimum absolute atomic E-state index is 0.241. The van der Waals surface area contributed by atoms with E-state index in [1.807, 2.05) is 0 Å². The molecule has 0 saturated heterocycles. The van der Waals surface area contributed by atoms with Gasteiger partial charge >= 0.3 is 0 Å². The van der Waals surface area contributed by atoms with E-state index >= 15 is 0 Å². The van der Waals surface area contributed by atoms with Crippen molar-refractivity contribution in [3.63, 3.8) is 0 Å².